The first kappa shape index (κ1) is 23.5. The number of rotatable bonds is 5. The zero-order valence-electron chi connectivity index (χ0n) is 19.3. The first-order valence-corrected chi connectivity index (χ1v) is 11.0. The van der Waals surface area contributed by atoms with Crippen molar-refractivity contribution >= 4 is 17.8 Å². The van der Waals surface area contributed by atoms with Crippen LogP contribution in [-0.4, -0.2) is 42.9 Å². The van der Waals surface area contributed by atoms with Crippen LogP contribution in [-0.2, 0) is 21.5 Å². The highest BCUT2D eigenvalue weighted by Crippen LogP contribution is 2.22. The van der Waals surface area contributed by atoms with Crippen molar-refractivity contribution in [3.8, 4) is 0 Å². The summed E-state index contributed by atoms with van der Waals surface area (Å²) >= 11 is 0. The first-order valence-electron chi connectivity index (χ1n) is 11.0. The van der Waals surface area contributed by atoms with E-state index in [-0.39, 0.29) is 29.1 Å². The summed E-state index contributed by atoms with van der Waals surface area (Å²) in [6, 6.07) is 15.0. The van der Waals surface area contributed by atoms with Gasteiger partial charge in [0.05, 0.1) is 13.0 Å². The van der Waals surface area contributed by atoms with Crippen LogP contribution in [0.4, 0.5) is 0 Å². The lowest BCUT2D eigenvalue weighted by atomic mass is 9.87. The van der Waals surface area contributed by atoms with Crippen molar-refractivity contribution in [2.24, 2.45) is 5.92 Å². The minimum atomic E-state index is -0.200. The molecule has 2 aromatic carbocycles. The number of hydrogen-bond acceptors (Lipinski definition) is 4. The van der Waals surface area contributed by atoms with E-state index in [9.17, 15) is 14.4 Å². The number of benzene rings is 2. The maximum atomic E-state index is 12.7. The summed E-state index contributed by atoms with van der Waals surface area (Å²) in [6.07, 6.45) is 1.25. The highest BCUT2D eigenvalue weighted by atomic mass is 16.5. The predicted molar refractivity (Wildman–Crippen MR) is 123 cm³/mol. The third-order valence-corrected chi connectivity index (χ3v) is 5.98. The summed E-state index contributed by atoms with van der Waals surface area (Å²) in [6.45, 7) is 7.90. The minimum Gasteiger partial charge on any atom is -0.469 e. The number of amides is 2. The van der Waals surface area contributed by atoms with Crippen LogP contribution in [0.3, 0.4) is 0 Å². The van der Waals surface area contributed by atoms with Crippen LogP contribution in [0.1, 0.15) is 65.5 Å². The Bertz CT molecular complexity index is 951. The van der Waals surface area contributed by atoms with Crippen molar-refractivity contribution in [3.63, 3.8) is 0 Å². The first-order chi connectivity index (χ1) is 15.2. The minimum absolute atomic E-state index is 0.0390. The molecule has 1 fully saturated rings. The van der Waals surface area contributed by atoms with Crippen LogP contribution in [0.2, 0.25) is 0 Å². The van der Waals surface area contributed by atoms with E-state index < -0.39 is 0 Å². The summed E-state index contributed by atoms with van der Waals surface area (Å²) in [5.41, 5.74) is 3.38. The molecule has 0 unspecified atom stereocenters. The van der Waals surface area contributed by atoms with E-state index >= 15 is 0 Å². The molecule has 0 radical (unpaired) electrons. The molecule has 3 rings (SSSR count). The number of esters is 1. The highest BCUT2D eigenvalue weighted by Gasteiger charge is 2.28. The van der Waals surface area contributed by atoms with Crippen molar-refractivity contribution < 1.29 is 19.1 Å². The molecular weight excluding hydrogens is 404 g/mol. The topological polar surface area (TPSA) is 75.7 Å². The Hall–Kier alpha value is -3.15. The summed E-state index contributed by atoms with van der Waals surface area (Å²) < 4.78 is 4.80. The average Bonchev–Trinajstić information content (AvgIpc) is 2.81. The van der Waals surface area contributed by atoms with Crippen LogP contribution in [0.25, 0.3) is 0 Å². The maximum Gasteiger partial charge on any atom is 0.308 e. The number of hydrogen-bond donors (Lipinski definition) is 1. The van der Waals surface area contributed by atoms with E-state index in [0.717, 1.165) is 5.56 Å². The molecule has 2 amide bonds. The SMILES string of the molecule is COC(=O)C1CCN(C(=O)c2ccc(CNC(=O)c3ccc(C(C)(C)C)cc3)cc2)CC1. The molecule has 0 aromatic heterocycles. The van der Waals surface area contributed by atoms with Gasteiger partial charge in [0.15, 0.2) is 0 Å². The lowest BCUT2D eigenvalue weighted by molar-refractivity contribution is -0.146. The fourth-order valence-corrected chi connectivity index (χ4v) is 3.84. The normalized spacial score (nSPS) is 14.7. The van der Waals surface area contributed by atoms with Crippen LogP contribution in [0.15, 0.2) is 48.5 Å². The number of ether oxygens (including phenoxy) is 1. The fourth-order valence-electron chi connectivity index (χ4n) is 3.84. The lowest BCUT2D eigenvalue weighted by Crippen LogP contribution is -2.40. The van der Waals surface area contributed by atoms with Gasteiger partial charge in [-0.3, -0.25) is 14.4 Å². The Morgan fingerprint density at radius 2 is 1.50 bits per heavy atom. The molecule has 1 aliphatic heterocycles. The van der Waals surface area contributed by atoms with Gasteiger partial charge in [0, 0.05) is 30.8 Å². The van der Waals surface area contributed by atoms with Crippen LogP contribution >= 0.6 is 0 Å². The fraction of sp³-hybridized carbons (Fsp3) is 0.423. The third kappa shape index (κ3) is 5.75. The quantitative estimate of drug-likeness (QED) is 0.721. The summed E-state index contributed by atoms with van der Waals surface area (Å²) in [4.78, 5) is 38.6. The van der Waals surface area contributed by atoms with Gasteiger partial charge in [-0.2, -0.15) is 0 Å². The van der Waals surface area contributed by atoms with E-state index in [0.29, 0.717) is 43.6 Å². The number of piperidine rings is 1. The monoisotopic (exact) mass is 436 g/mol. The van der Waals surface area contributed by atoms with Crippen LogP contribution in [0.5, 0.6) is 0 Å². The second-order valence-electron chi connectivity index (χ2n) is 9.30. The van der Waals surface area contributed by atoms with Crippen molar-refractivity contribution in [3.05, 3.63) is 70.8 Å². The average molecular weight is 437 g/mol. The second-order valence-corrected chi connectivity index (χ2v) is 9.30. The molecule has 1 heterocycles. The Labute approximate surface area is 189 Å². The van der Waals surface area contributed by atoms with Crippen molar-refractivity contribution in [2.75, 3.05) is 20.2 Å². The maximum absolute atomic E-state index is 12.7. The van der Waals surface area contributed by atoms with Crippen molar-refractivity contribution in [2.45, 2.75) is 45.6 Å². The molecule has 0 aliphatic carbocycles. The van der Waals surface area contributed by atoms with Gasteiger partial charge in [0.1, 0.15) is 0 Å². The summed E-state index contributed by atoms with van der Waals surface area (Å²) in [7, 11) is 1.40. The summed E-state index contributed by atoms with van der Waals surface area (Å²) in [5.74, 6) is -0.490. The van der Waals surface area contributed by atoms with E-state index in [1.807, 2.05) is 36.4 Å². The molecule has 1 saturated heterocycles. The standard InChI is InChI=1S/C26H32N2O4/c1-26(2,3)22-11-9-19(10-12-22)23(29)27-17-18-5-7-20(8-6-18)24(30)28-15-13-21(14-16-28)25(31)32-4/h5-12,21H,13-17H2,1-4H3,(H,27,29). The number of nitrogens with zero attached hydrogens (tertiary/aromatic N) is 1. The van der Waals surface area contributed by atoms with Gasteiger partial charge < -0.3 is 15.0 Å². The molecule has 6 heteroatoms. The molecule has 6 nitrogen and oxygen atoms in total. The molecule has 0 bridgehead atoms. The molecule has 1 N–H and O–H groups in total. The Balaban J connectivity index is 1.52. The largest absolute Gasteiger partial charge is 0.469 e. The molecule has 170 valence electrons. The zero-order chi connectivity index (χ0) is 23.3. The molecule has 0 spiro atoms. The Kier molecular flexibility index (Phi) is 7.33. The number of carbonyl (C=O) groups excluding carboxylic acids is 3. The summed E-state index contributed by atoms with van der Waals surface area (Å²) in [5, 5.41) is 2.93. The van der Waals surface area contributed by atoms with Crippen molar-refractivity contribution in [1.29, 1.82) is 0 Å². The Morgan fingerprint density at radius 1 is 0.938 bits per heavy atom. The van der Waals surface area contributed by atoms with E-state index in [4.69, 9.17) is 4.74 Å². The smallest absolute Gasteiger partial charge is 0.308 e. The van der Waals surface area contributed by atoms with Gasteiger partial charge in [0.2, 0.25) is 0 Å². The van der Waals surface area contributed by atoms with Gasteiger partial charge in [-0.1, -0.05) is 45.0 Å². The molecular formula is C26H32N2O4. The number of methoxy groups -OCH3 is 1. The number of likely N-dealkylation sites (tertiary alicyclic amines) is 1. The Morgan fingerprint density at radius 3 is 2.03 bits per heavy atom. The van der Waals surface area contributed by atoms with Gasteiger partial charge >= 0.3 is 5.97 Å². The third-order valence-electron chi connectivity index (χ3n) is 5.98. The predicted octanol–water partition coefficient (Wildman–Crippen LogP) is 3.94. The highest BCUT2D eigenvalue weighted by molar-refractivity contribution is 5.95. The number of nitrogens with one attached hydrogen (secondary N) is 1. The van der Waals surface area contributed by atoms with E-state index in [1.54, 1.807) is 17.0 Å². The zero-order valence-corrected chi connectivity index (χ0v) is 19.3. The van der Waals surface area contributed by atoms with E-state index in [1.165, 1.54) is 12.7 Å². The number of carbonyl (C=O) groups is 3. The van der Waals surface area contributed by atoms with Crippen LogP contribution < -0.4 is 5.32 Å². The van der Waals surface area contributed by atoms with Gasteiger partial charge in [-0.25, -0.2) is 0 Å². The molecule has 2 aromatic rings. The molecule has 32 heavy (non-hydrogen) atoms. The van der Waals surface area contributed by atoms with E-state index in [2.05, 4.69) is 26.1 Å². The second kappa shape index (κ2) is 9.98. The van der Waals surface area contributed by atoms with Gasteiger partial charge in [-0.05, 0) is 53.6 Å². The lowest BCUT2D eigenvalue weighted by Gasteiger charge is -2.30. The van der Waals surface area contributed by atoms with Crippen molar-refractivity contribution in [1.82, 2.24) is 10.2 Å². The van der Waals surface area contributed by atoms with Gasteiger partial charge in [-0.15, -0.1) is 0 Å². The molecule has 0 saturated carbocycles. The molecule has 1 aliphatic rings. The van der Waals surface area contributed by atoms with Crippen LogP contribution in [0, 0.1) is 5.92 Å². The van der Waals surface area contributed by atoms with Gasteiger partial charge in [0.25, 0.3) is 11.8 Å². The molecule has 0 atom stereocenters.